The second-order valence-corrected chi connectivity index (χ2v) is 3.43. The average molecular weight is 197 g/mol. The molecule has 2 heterocycles. The molecule has 1 aliphatic heterocycles. The summed E-state index contributed by atoms with van der Waals surface area (Å²) in [5, 5.41) is 6.60. The Hall–Kier alpha value is -1.07. The van der Waals surface area contributed by atoms with E-state index in [4.69, 9.17) is 15.2 Å². The summed E-state index contributed by atoms with van der Waals surface area (Å²) < 4.78 is 11.0. The molecule has 0 saturated carbocycles. The lowest BCUT2D eigenvalue weighted by Crippen LogP contribution is -2.22. The molecule has 0 spiro atoms. The van der Waals surface area contributed by atoms with Gasteiger partial charge in [0.25, 0.3) is 0 Å². The van der Waals surface area contributed by atoms with Crippen molar-refractivity contribution < 1.29 is 9.47 Å². The highest BCUT2D eigenvalue weighted by atomic mass is 16.7. The van der Waals surface area contributed by atoms with E-state index < -0.39 is 0 Å². The molecule has 5 nitrogen and oxygen atoms in total. The smallest absolute Gasteiger partial charge is 0.158 e. The van der Waals surface area contributed by atoms with Gasteiger partial charge in [-0.3, -0.25) is 5.10 Å². The number of nitrogens with one attached hydrogen (secondary N) is 1. The second-order valence-electron chi connectivity index (χ2n) is 3.43. The van der Waals surface area contributed by atoms with Gasteiger partial charge in [-0.05, 0) is 19.3 Å². The number of ether oxygens (including phenoxy) is 2. The summed E-state index contributed by atoms with van der Waals surface area (Å²) in [5.41, 5.74) is 6.34. The molecule has 1 aromatic heterocycles. The Morgan fingerprint density at radius 3 is 3.21 bits per heavy atom. The van der Waals surface area contributed by atoms with Crippen molar-refractivity contribution in [2.45, 2.75) is 32.2 Å². The first kappa shape index (κ1) is 9.48. The van der Waals surface area contributed by atoms with E-state index in [1.807, 2.05) is 0 Å². The molecule has 0 bridgehead atoms. The Labute approximate surface area is 82.6 Å². The number of H-pyrrole nitrogens is 1. The molecule has 1 unspecified atom stereocenters. The van der Waals surface area contributed by atoms with Crippen LogP contribution in [0.25, 0.3) is 0 Å². The zero-order chi connectivity index (χ0) is 9.80. The van der Waals surface area contributed by atoms with Gasteiger partial charge in [-0.15, -0.1) is 0 Å². The fourth-order valence-electron chi connectivity index (χ4n) is 1.48. The van der Waals surface area contributed by atoms with Gasteiger partial charge >= 0.3 is 0 Å². The van der Waals surface area contributed by atoms with E-state index in [1.54, 1.807) is 6.07 Å². The second kappa shape index (κ2) is 4.43. The lowest BCUT2D eigenvalue weighted by molar-refractivity contribution is -0.169. The Balaban J connectivity index is 1.76. The maximum Gasteiger partial charge on any atom is 0.158 e. The van der Waals surface area contributed by atoms with Crippen LogP contribution in [0, 0.1) is 0 Å². The Bertz CT molecular complexity index is 281. The van der Waals surface area contributed by atoms with E-state index in [2.05, 4.69) is 10.2 Å². The number of hydrogen-bond donors (Lipinski definition) is 2. The lowest BCUT2D eigenvalue weighted by atomic mass is 10.2. The van der Waals surface area contributed by atoms with Crippen molar-refractivity contribution in [1.82, 2.24) is 10.2 Å². The zero-order valence-electron chi connectivity index (χ0n) is 8.03. The van der Waals surface area contributed by atoms with E-state index >= 15 is 0 Å². The van der Waals surface area contributed by atoms with Crippen molar-refractivity contribution >= 4 is 5.82 Å². The molecule has 0 amide bonds. The number of nitrogens with zero attached hydrogens (tertiary/aromatic N) is 1. The third kappa shape index (κ3) is 2.46. The molecular weight excluding hydrogens is 182 g/mol. The quantitative estimate of drug-likeness (QED) is 0.759. The summed E-state index contributed by atoms with van der Waals surface area (Å²) in [4.78, 5) is 0. The number of nitrogens with two attached hydrogens (primary N) is 1. The summed E-state index contributed by atoms with van der Waals surface area (Å²) >= 11 is 0. The highest BCUT2D eigenvalue weighted by Gasteiger charge is 2.14. The van der Waals surface area contributed by atoms with Gasteiger partial charge in [0, 0.05) is 12.7 Å². The summed E-state index contributed by atoms with van der Waals surface area (Å²) in [5.74, 6) is 0.494. The van der Waals surface area contributed by atoms with Gasteiger partial charge < -0.3 is 15.2 Å². The molecule has 5 heteroatoms. The SMILES string of the molecule is Nc1cc(COC2CCCCO2)[nH]n1. The number of aromatic nitrogens is 2. The molecule has 3 N–H and O–H groups in total. The van der Waals surface area contributed by atoms with Gasteiger partial charge in [0.1, 0.15) is 5.82 Å². The van der Waals surface area contributed by atoms with Crippen LogP contribution in [0.3, 0.4) is 0 Å². The summed E-state index contributed by atoms with van der Waals surface area (Å²) in [6.07, 6.45) is 3.23. The standard InChI is InChI=1S/C9H15N3O2/c10-8-5-7(11-12-8)6-14-9-3-1-2-4-13-9/h5,9H,1-4,6H2,(H3,10,11,12). The minimum Gasteiger partial charge on any atom is -0.382 e. The van der Waals surface area contributed by atoms with Crippen molar-refractivity contribution in [3.8, 4) is 0 Å². The third-order valence-corrected chi connectivity index (χ3v) is 2.21. The Kier molecular flexibility index (Phi) is 3.00. The fraction of sp³-hybridized carbons (Fsp3) is 0.667. The van der Waals surface area contributed by atoms with E-state index in [1.165, 1.54) is 6.42 Å². The zero-order valence-corrected chi connectivity index (χ0v) is 8.03. The largest absolute Gasteiger partial charge is 0.382 e. The van der Waals surface area contributed by atoms with Crippen molar-refractivity contribution in [3.63, 3.8) is 0 Å². The summed E-state index contributed by atoms with van der Waals surface area (Å²) in [7, 11) is 0. The van der Waals surface area contributed by atoms with Gasteiger partial charge in [0.05, 0.1) is 12.3 Å². The number of hydrogen-bond acceptors (Lipinski definition) is 4. The van der Waals surface area contributed by atoms with Crippen LogP contribution in [0.2, 0.25) is 0 Å². The molecule has 1 aliphatic rings. The summed E-state index contributed by atoms with van der Waals surface area (Å²) in [6, 6.07) is 1.77. The van der Waals surface area contributed by atoms with Crippen LogP contribution in [0.15, 0.2) is 6.07 Å². The van der Waals surface area contributed by atoms with Crippen LogP contribution in [-0.2, 0) is 16.1 Å². The lowest BCUT2D eigenvalue weighted by Gasteiger charge is -2.22. The number of rotatable bonds is 3. The van der Waals surface area contributed by atoms with Crippen molar-refractivity contribution in [2.75, 3.05) is 12.3 Å². The van der Waals surface area contributed by atoms with Crippen LogP contribution in [0.5, 0.6) is 0 Å². The van der Waals surface area contributed by atoms with Gasteiger partial charge in [-0.2, -0.15) is 5.10 Å². The topological polar surface area (TPSA) is 73.2 Å². The molecule has 0 aliphatic carbocycles. The summed E-state index contributed by atoms with van der Waals surface area (Å²) in [6.45, 7) is 1.28. The van der Waals surface area contributed by atoms with Gasteiger partial charge in [0.15, 0.2) is 6.29 Å². The number of nitrogen functional groups attached to an aromatic ring is 1. The van der Waals surface area contributed by atoms with Gasteiger partial charge in [-0.25, -0.2) is 0 Å². The maximum atomic E-state index is 5.53. The molecule has 14 heavy (non-hydrogen) atoms. The maximum absolute atomic E-state index is 5.53. The first-order valence-electron chi connectivity index (χ1n) is 4.87. The van der Waals surface area contributed by atoms with Crippen LogP contribution in [-0.4, -0.2) is 23.1 Å². The van der Waals surface area contributed by atoms with Crippen molar-refractivity contribution in [3.05, 3.63) is 11.8 Å². The fourth-order valence-corrected chi connectivity index (χ4v) is 1.48. The predicted octanol–water partition coefficient (Wildman–Crippen LogP) is 1.04. The van der Waals surface area contributed by atoms with E-state index in [9.17, 15) is 0 Å². The predicted molar refractivity (Wildman–Crippen MR) is 51.4 cm³/mol. The Morgan fingerprint density at radius 2 is 2.57 bits per heavy atom. The van der Waals surface area contributed by atoms with Crippen LogP contribution >= 0.6 is 0 Å². The molecular formula is C9H15N3O2. The molecule has 0 radical (unpaired) electrons. The van der Waals surface area contributed by atoms with Crippen LogP contribution in [0.4, 0.5) is 5.82 Å². The molecule has 1 aromatic rings. The highest BCUT2D eigenvalue weighted by Crippen LogP contribution is 2.15. The average Bonchev–Trinajstić information content (AvgIpc) is 2.63. The Morgan fingerprint density at radius 1 is 1.64 bits per heavy atom. The monoisotopic (exact) mass is 197 g/mol. The molecule has 0 aromatic carbocycles. The molecule has 1 fully saturated rings. The first-order chi connectivity index (χ1) is 6.84. The highest BCUT2D eigenvalue weighted by molar-refractivity contribution is 5.27. The van der Waals surface area contributed by atoms with Crippen LogP contribution in [0.1, 0.15) is 25.0 Å². The molecule has 1 atom stereocenters. The first-order valence-corrected chi connectivity index (χ1v) is 4.87. The molecule has 78 valence electrons. The minimum absolute atomic E-state index is 0.0618. The van der Waals surface area contributed by atoms with E-state index in [-0.39, 0.29) is 6.29 Å². The van der Waals surface area contributed by atoms with E-state index in [0.717, 1.165) is 25.1 Å². The van der Waals surface area contributed by atoms with E-state index in [0.29, 0.717) is 12.4 Å². The molecule has 1 saturated heterocycles. The van der Waals surface area contributed by atoms with Gasteiger partial charge in [-0.1, -0.05) is 0 Å². The van der Waals surface area contributed by atoms with Crippen molar-refractivity contribution in [2.24, 2.45) is 0 Å². The molecule has 2 rings (SSSR count). The van der Waals surface area contributed by atoms with Crippen molar-refractivity contribution in [1.29, 1.82) is 0 Å². The van der Waals surface area contributed by atoms with Gasteiger partial charge in [0.2, 0.25) is 0 Å². The minimum atomic E-state index is -0.0618. The number of aromatic amines is 1. The normalized spacial score (nSPS) is 22.4. The number of anilines is 1. The van der Waals surface area contributed by atoms with Crippen LogP contribution < -0.4 is 5.73 Å². The third-order valence-electron chi connectivity index (χ3n) is 2.21.